The molecular weight excluding hydrogens is 384 g/mol. The van der Waals surface area contributed by atoms with Gasteiger partial charge in [-0.2, -0.15) is 5.10 Å². The molecule has 1 saturated heterocycles. The normalized spacial score (nSPS) is 15.8. The molecule has 0 radical (unpaired) electrons. The van der Waals surface area contributed by atoms with Crippen molar-refractivity contribution in [3.63, 3.8) is 0 Å². The van der Waals surface area contributed by atoms with E-state index in [1.54, 1.807) is 43.1 Å². The van der Waals surface area contributed by atoms with Crippen LogP contribution in [0.1, 0.15) is 16.9 Å². The number of methoxy groups -OCH3 is 2. The third-order valence-electron chi connectivity index (χ3n) is 5.14. The zero-order valence-corrected chi connectivity index (χ0v) is 17.2. The molecule has 1 aliphatic rings. The first-order chi connectivity index (χ1) is 14.6. The highest BCUT2D eigenvalue weighted by Crippen LogP contribution is 2.33. The van der Waals surface area contributed by atoms with Crippen LogP contribution in [0.15, 0.2) is 48.7 Å². The second-order valence-corrected chi connectivity index (χ2v) is 7.05. The summed E-state index contributed by atoms with van der Waals surface area (Å²) >= 11 is 0. The number of rotatable bonds is 6. The van der Waals surface area contributed by atoms with Crippen LogP contribution in [-0.4, -0.2) is 59.0 Å². The molecular formula is C22H24N4O4. The average Bonchev–Trinajstić information content (AvgIpc) is 3.40. The predicted molar refractivity (Wildman–Crippen MR) is 111 cm³/mol. The van der Waals surface area contributed by atoms with Crippen molar-refractivity contribution >= 4 is 5.91 Å². The van der Waals surface area contributed by atoms with Crippen LogP contribution in [0.5, 0.6) is 17.4 Å². The van der Waals surface area contributed by atoms with Gasteiger partial charge in [-0.1, -0.05) is 6.07 Å². The number of amides is 1. The summed E-state index contributed by atoms with van der Waals surface area (Å²) in [5.74, 6) is 1.85. The minimum Gasteiger partial charge on any atom is -0.497 e. The average molecular weight is 408 g/mol. The van der Waals surface area contributed by atoms with Gasteiger partial charge >= 0.3 is 0 Å². The minimum atomic E-state index is -0.0785. The van der Waals surface area contributed by atoms with Crippen LogP contribution in [0.25, 0.3) is 11.3 Å². The molecule has 0 N–H and O–H groups in total. The molecule has 30 heavy (non-hydrogen) atoms. The second kappa shape index (κ2) is 8.44. The van der Waals surface area contributed by atoms with E-state index in [0.717, 1.165) is 12.0 Å². The number of pyridine rings is 1. The maximum atomic E-state index is 13.1. The van der Waals surface area contributed by atoms with Crippen LogP contribution in [0, 0.1) is 0 Å². The zero-order valence-electron chi connectivity index (χ0n) is 17.2. The number of hydrogen-bond acceptors (Lipinski definition) is 6. The van der Waals surface area contributed by atoms with Crippen LogP contribution in [0.3, 0.4) is 0 Å². The molecule has 1 atom stereocenters. The number of likely N-dealkylation sites (tertiary alicyclic amines) is 1. The van der Waals surface area contributed by atoms with Crippen LogP contribution < -0.4 is 14.2 Å². The molecule has 0 aliphatic carbocycles. The van der Waals surface area contributed by atoms with Crippen LogP contribution in [0.2, 0.25) is 0 Å². The predicted octanol–water partition coefficient (Wildman–Crippen LogP) is 2.79. The number of ether oxygens (including phenoxy) is 3. The highest BCUT2D eigenvalue weighted by molar-refractivity contribution is 5.94. The Morgan fingerprint density at radius 2 is 2.00 bits per heavy atom. The van der Waals surface area contributed by atoms with Crippen molar-refractivity contribution in [1.29, 1.82) is 0 Å². The molecule has 3 aromatic rings. The van der Waals surface area contributed by atoms with E-state index in [9.17, 15) is 4.79 Å². The lowest BCUT2D eigenvalue weighted by molar-refractivity contribution is 0.0760. The van der Waals surface area contributed by atoms with Gasteiger partial charge in [0, 0.05) is 37.8 Å². The number of carbonyl (C=O) groups is 1. The Labute approximate surface area is 175 Å². The summed E-state index contributed by atoms with van der Waals surface area (Å²) in [4.78, 5) is 19.1. The number of carbonyl (C=O) groups excluding carboxylic acids is 1. The van der Waals surface area contributed by atoms with E-state index < -0.39 is 0 Å². The molecule has 4 rings (SSSR count). The molecule has 1 fully saturated rings. The Kier molecular flexibility index (Phi) is 5.56. The summed E-state index contributed by atoms with van der Waals surface area (Å²) in [7, 11) is 4.98. The molecule has 8 heteroatoms. The van der Waals surface area contributed by atoms with Gasteiger partial charge in [0.15, 0.2) is 0 Å². The Morgan fingerprint density at radius 1 is 1.13 bits per heavy atom. The van der Waals surface area contributed by atoms with Gasteiger partial charge in [0.2, 0.25) is 5.88 Å². The van der Waals surface area contributed by atoms with Gasteiger partial charge in [-0.05, 0) is 30.3 Å². The summed E-state index contributed by atoms with van der Waals surface area (Å²) in [6.45, 7) is 1.14. The molecule has 1 amide bonds. The van der Waals surface area contributed by atoms with Gasteiger partial charge in [-0.3, -0.25) is 9.48 Å². The quantitative estimate of drug-likeness (QED) is 0.624. The summed E-state index contributed by atoms with van der Waals surface area (Å²) < 4.78 is 18.3. The van der Waals surface area contributed by atoms with E-state index in [1.165, 1.54) is 0 Å². The summed E-state index contributed by atoms with van der Waals surface area (Å²) in [5.41, 5.74) is 1.93. The Hall–Kier alpha value is -3.55. The van der Waals surface area contributed by atoms with E-state index >= 15 is 0 Å². The van der Waals surface area contributed by atoms with Gasteiger partial charge in [0.05, 0.1) is 26.5 Å². The Bertz CT molecular complexity index is 1030. The van der Waals surface area contributed by atoms with Gasteiger partial charge < -0.3 is 19.1 Å². The number of hydrogen-bond donors (Lipinski definition) is 0. The first kappa shape index (κ1) is 19.8. The minimum absolute atomic E-state index is 0.0740. The maximum absolute atomic E-state index is 13.1. The molecule has 0 saturated carbocycles. The molecule has 156 valence electrons. The monoisotopic (exact) mass is 408 g/mol. The van der Waals surface area contributed by atoms with Crippen molar-refractivity contribution in [2.45, 2.75) is 12.5 Å². The molecule has 0 spiro atoms. The SMILES string of the molecule is COc1ccc(OC)c(-c2cc(C(=O)N3CCC(Oc4ccccn4)C3)n(C)n2)c1. The highest BCUT2D eigenvalue weighted by atomic mass is 16.5. The molecule has 0 bridgehead atoms. The summed E-state index contributed by atoms with van der Waals surface area (Å²) in [6, 6.07) is 12.8. The van der Waals surface area contributed by atoms with Crippen LogP contribution >= 0.6 is 0 Å². The first-order valence-electron chi connectivity index (χ1n) is 9.72. The van der Waals surface area contributed by atoms with Crippen molar-refractivity contribution in [2.24, 2.45) is 7.05 Å². The topological polar surface area (TPSA) is 78.7 Å². The van der Waals surface area contributed by atoms with Gasteiger partial charge in [-0.25, -0.2) is 4.98 Å². The van der Waals surface area contributed by atoms with Crippen molar-refractivity contribution < 1.29 is 19.0 Å². The summed E-state index contributed by atoms with van der Waals surface area (Å²) in [5, 5.41) is 4.54. The molecule has 8 nitrogen and oxygen atoms in total. The third kappa shape index (κ3) is 3.94. The van der Waals surface area contributed by atoms with Gasteiger partial charge in [0.1, 0.15) is 23.3 Å². The van der Waals surface area contributed by atoms with Crippen molar-refractivity contribution in [1.82, 2.24) is 19.7 Å². The van der Waals surface area contributed by atoms with E-state index in [-0.39, 0.29) is 12.0 Å². The van der Waals surface area contributed by atoms with Crippen molar-refractivity contribution in [3.05, 3.63) is 54.4 Å². The van der Waals surface area contributed by atoms with Crippen molar-refractivity contribution in [3.8, 4) is 28.6 Å². The highest BCUT2D eigenvalue weighted by Gasteiger charge is 2.30. The largest absolute Gasteiger partial charge is 0.497 e. The first-order valence-corrected chi connectivity index (χ1v) is 9.72. The molecule has 1 aromatic carbocycles. The lowest BCUT2D eigenvalue weighted by atomic mass is 10.1. The van der Waals surface area contributed by atoms with E-state index in [2.05, 4.69) is 10.1 Å². The molecule has 2 aromatic heterocycles. The summed E-state index contributed by atoms with van der Waals surface area (Å²) in [6.07, 6.45) is 2.38. The fourth-order valence-electron chi connectivity index (χ4n) is 3.57. The third-order valence-corrected chi connectivity index (χ3v) is 5.14. The number of aromatic nitrogens is 3. The van der Waals surface area contributed by atoms with Crippen LogP contribution in [0.4, 0.5) is 0 Å². The second-order valence-electron chi connectivity index (χ2n) is 7.05. The maximum Gasteiger partial charge on any atom is 0.272 e. The molecule has 3 heterocycles. The van der Waals surface area contributed by atoms with Crippen molar-refractivity contribution in [2.75, 3.05) is 27.3 Å². The standard InChI is InChI=1S/C22H24N4O4/c1-25-19(13-18(24-25)17-12-15(28-2)7-8-20(17)29-3)22(27)26-11-9-16(14-26)30-21-6-4-5-10-23-21/h4-8,10,12-13,16H,9,11,14H2,1-3H3. The van der Waals surface area contributed by atoms with E-state index in [0.29, 0.717) is 41.9 Å². The lowest BCUT2D eigenvalue weighted by Gasteiger charge is -2.16. The Balaban J connectivity index is 1.52. The van der Waals surface area contributed by atoms with Gasteiger partial charge in [-0.15, -0.1) is 0 Å². The smallest absolute Gasteiger partial charge is 0.272 e. The van der Waals surface area contributed by atoms with E-state index in [4.69, 9.17) is 14.2 Å². The fraction of sp³-hybridized carbons (Fsp3) is 0.318. The molecule has 1 unspecified atom stereocenters. The lowest BCUT2D eigenvalue weighted by Crippen LogP contribution is -2.32. The van der Waals surface area contributed by atoms with Gasteiger partial charge in [0.25, 0.3) is 5.91 Å². The number of aryl methyl sites for hydroxylation is 1. The van der Waals surface area contributed by atoms with Crippen LogP contribution in [-0.2, 0) is 7.05 Å². The van der Waals surface area contributed by atoms with E-state index in [1.807, 2.05) is 36.4 Å². The zero-order chi connectivity index (χ0) is 21.1. The molecule has 1 aliphatic heterocycles. The number of nitrogens with zero attached hydrogens (tertiary/aromatic N) is 4. The number of benzene rings is 1. The fourth-order valence-corrected chi connectivity index (χ4v) is 3.57. The Morgan fingerprint density at radius 3 is 2.73 bits per heavy atom.